The SMILES string of the molecule is Cc1cc(C)c(Nc2cnc(C(=O)Nc3cc(C)on3)cn2)c(Cl)c1. The first-order chi connectivity index (χ1) is 11.9. The van der Waals surface area contributed by atoms with Gasteiger partial charge in [0, 0.05) is 6.07 Å². The number of anilines is 3. The predicted octanol–water partition coefficient (Wildman–Crippen LogP) is 4.04. The zero-order valence-corrected chi connectivity index (χ0v) is 14.7. The van der Waals surface area contributed by atoms with Gasteiger partial charge < -0.3 is 15.2 Å². The van der Waals surface area contributed by atoms with Crippen LogP contribution in [0.15, 0.2) is 35.1 Å². The highest BCUT2D eigenvalue weighted by molar-refractivity contribution is 6.33. The van der Waals surface area contributed by atoms with Crippen LogP contribution in [0.25, 0.3) is 0 Å². The largest absolute Gasteiger partial charge is 0.360 e. The van der Waals surface area contributed by atoms with Gasteiger partial charge >= 0.3 is 0 Å². The standard InChI is InChI=1S/C17H16ClN5O2/c1-9-4-10(2)16(12(18)5-9)21-15-8-19-13(7-20-15)17(24)22-14-6-11(3)25-23-14/h4-8H,1-3H3,(H,20,21)(H,22,23,24). The van der Waals surface area contributed by atoms with E-state index in [1.54, 1.807) is 13.0 Å². The van der Waals surface area contributed by atoms with E-state index >= 15 is 0 Å². The van der Waals surface area contributed by atoms with E-state index in [4.69, 9.17) is 16.1 Å². The Kier molecular flexibility index (Phi) is 4.67. The molecule has 0 bridgehead atoms. The fourth-order valence-electron chi connectivity index (χ4n) is 2.32. The minimum Gasteiger partial charge on any atom is -0.360 e. The molecule has 0 aliphatic rings. The molecule has 0 saturated carbocycles. The molecule has 0 fully saturated rings. The lowest BCUT2D eigenvalue weighted by Gasteiger charge is -2.12. The van der Waals surface area contributed by atoms with Crippen LogP contribution in [0.2, 0.25) is 5.02 Å². The monoisotopic (exact) mass is 357 g/mol. The van der Waals surface area contributed by atoms with Crippen molar-refractivity contribution in [1.82, 2.24) is 15.1 Å². The van der Waals surface area contributed by atoms with Crippen LogP contribution in [-0.2, 0) is 0 Å². The second-order valence-corrected chi connectivity index (χ2v) is 6.03. The Balaban J connectivity index is 1.73. The second-order valence-electron chi connectivity index (χ2n) is 5.63. The Bertz CT molecular complexity index is 898. The maximum absolute atomic E-state index is 12.1. The molecule has 0 aliphatic heterocycles. The molecule has 0 aliphatic carbocycles. The summed E-state index contributed by atoms with van der Waals surface area (Å²) in [7, 11) is 0. The molecular formula is C17H16ClN5O2. The van der Waals surface area contributed by atoms with Crippen LogP contribution < -0.4 is 10.6 Å². The van der Waals surface area contributed by atoms with E-state index in [0.29, 0.717) is 22.4 Å². The molecule has 1 aromatic carbocycles. The minimum absolute atomic E-state index is 0.165. The Hall–Kier alpha value is -2.93. The highest BCUT2D eigenvalue weighted by atomic mass is 35.5. The molecule has 7 nitrogen and oxygen atoms in total. The molecule has 8 heteroatoms. The Labute approximate surface area is 149 Å². The molecule has 0 radical (unpaired) electrons. The minimum atomic E-state index is -0.420. The van der Waals surface area contributed by atoms with Crippen LogP contribution in [0.1, 0.15) is 27.4 Å². The molecule has 0 spiro atoms. The number of aromatic nitrogens is 3. The number of hydrogen-bond donors (Lipinski definition) is 2. The van der Waals surface area contributed by atoms with Crippen molar-refractivity contribution in [2.45, 2.75) is 20.8 Å². The number of amides is 1. The fraction of sp³-hybridized carbons (Fsp3) is 0.176. The van der Waals surface area contributed by atoms with Gasteiger partial charge in [-0.1, -0.05) is 22.8 Å². The maximum atomic E-state index is 12.1. The third-order valence-electron chi connectivity index (χ3n) is 3.44. The van der Waals surface area contributed by atoms with E-state index in [9.17, 15) is 4.79 Å². The first-order valence-corrected chi connectivity index (χ1v) is 7.90. The quantitative estimate of drug-likeness (QED) is 0.732. The van der Waals surface area contributed by atoms with Crippen LogP contribution >= 0.6 is 11.6 Å². The van der Waals surface area contributed by atoms with Gasteiger partial charge in [-0.2, -0.15) is 0 Å². The van der Waals surface area contributed by atoms with Crippen LogP contribution in [0.3, 0.4) is 0 Å². The number of rotatable bonds is 4. The van der Waals surface area contributed by atoms with Crippen molar-refractivity contribution in [3.05, 3.63) is 58.2 Å². The van der Waals surface area contributed by atoms with Gasteiger partial charge in [-0.25, -0.2) is 9.97 Å². The molecule has 0 saturated heterocycles. The van der Waals surface area contributed by atoms with E-state index in [-0.39, 0.29) is 5.69 Å². The molecule has 2 heterocycles. The zero-order chi connectivity index (χ0) is 18.0. The third kappa shape index (κ3) is 3.95. The van der Waals surface area contributed by atoms with Gasteiger partial charge in [0.15, 0.2) is 5.82 Å². The number of benzene rings is 1. The van der Waals surface area contributed by atoms with Crippen molar-refractivity contribution >= 4 is 34.8 Å². The van der Waals surface area contributed by atoms with Gasteiger partial charge in [0.05, 0.1) is 23.1 Å². The second kappa shape index (κ2) is 6.90. The van der Waals surface area contributed by atoms with E-state index in [1.165, 1.54) is 12.4 Å². The molecule has 3 rings (SSSR count). The highest BCUT2D eigenvalue weighted by Gasteiger charge is 2.12. The Morgan fingerprint density at radius 3 is 2.48 bits per heavy atom. The van der Waals surface area contributed by atoms with Crippen LogP contribution in [-0.4, -0.2) is 21.0 Å². The Morgan fingerprint density at radius 1 is 1.08 bits per heavy atom. The summed E-state index contributed by atoms with van der Waals surface area (Å²) < 4.78 is 4.89. The summed E-state index contributed by atoms with van der Waals surface area (Å²) in [6.07, 6.45) is 2.85. The summed E-state index contributed by atoms with van der Waals surface area (Å²) in [4.78, 5) is 20.4. The summed E-state index contributed by atoms with van der Waals surface area (Å²) >= 11 is 6.27. The van der Waals surface area contributed by atoms with Crippen molar-refractivity contribution in [2.75, 3.05) is 10.6 Å². The van der Waals surface area contributed by atoms with Gasteiger partial charge in [0.25, 0.3) is 5.91 Å². The lowest BCUT2D eigenvalue weighted by molar-refractivity contribution is 0.102. The van der Waals surface area contributed by atoms with Crippen molar-refractivity contribution in [2.24, 2.45) is 0 Å². The van der Waals surface area contributed by atoms with E-state index in [0.717, 1.165) is 16.8 Å². The number of nitrogens with zero attached hydrogens (tertiary/aromatic N) is 3. The third-order valence-corrected chi connectivity index (χ3v) is 3.74. The van der Waals surface area contributed by atoms with E-state index < -0.39 is 5.91 Å². The molecule has 3 aromatic rings. The van der Waals surface area contributed by atoms with Crippen LogP contribution in [0.5, 0.6) is 0 Å². The fourth-order valence-corrected chi connectivity index (χ4v) is 2.69. The number of halogens is 1. The Morgan fingerprint density at radius 2 is 1.88 bits per heavy atom. The van der Waals surface area contributed by atoms with Crippen molar-refractivity contribution in [3.63, 3.8) is 0 Å². The summed E-state index contributed by atoms with van der Waals surface area (Å²) in [6.45, 7) is 5.67. The molecule has 2 aromatic heterocycles. The summed E-state index contributed by atoms with van der Waals surface area (Å²) in [5.74, 6) is 0.999. The number of aryl methyl sites for hydroxylation is 3. The van der Waals surface area contributed by atoms with Crippen LogP contribution in [0, 0.1) is 20.8 Å². The number of hydrogen-bond acceptors (Lipinski definition) is 6. The molecule has 0 atom stereocenters. The van der Waals surface area contributed by atoms with Gasteiger partial charge in [0.2, 0.25) is 0 Å². The van der Waals surface area contributed by atoms with E-state index in [1.807, 2.05) is 26.0 Å². The topological polar surface area (TPSA) is 92.9 Å². The maximum Gasteiger partial charge on any atom is 0.277 e. The number of nitrogens with one attached hydrogen (secondary N) is 2. The lowest BCUT2D eigenvalue weighted by Crippen LogP contribution is -2.14. The van der Waals surface area contributed by atoms with Crippen molar-refractivity contribution in [1.29, 1.82) is 0 Å². The first kappa shape index (κ1) is 16.9. The average Bonchev–Trinajstić information content (AvgIpc) is 2.96. The molecular weight excluding hydrogens is 342 g/mol. The molecule has 2 N–H and O–H groups in total. The van der Waals surface area contributed by atoms with Crippen molar-refractivity contribution in [3.8, 4) is 0 Å². The smallest absolute Gasteiger partial charge is 0.277 e. The predicted molar refractivity (Wildman–Crippen MR) is 95.4 cm³/mol. The van der Waals surface area contributed by atoms with Gasteiger partial charge in [-0.05, 0) is 38.0 Å². The molecule has 25 heavy (non-hydrogen) atoms. The zero-order valence-electron chi connectivity index (χ0n) is 13.9. The summed E-state index contributed by atoms with van der Waals surface area (Å²) in [5, 5.41) is 10.0. The first-order valence-electron chi connectivity index (χ1n) is 7.53. The molecule has 1 amide bonds. The van der Waals surface area contributed by atoms with Crippen molar-refractivity contribution < 1.29 is 9.32 Å². The summed E-state index contributed by atoms with van der Waals surface area (Å²) in [5.41, 5.74) is 3.00. The average molecular weight is 358 g/mol. The highest BCUT2D eigenvalue weighted by Crippen LogP contribution is 2.29. The van der Waals surface area contributed by atoms with Gasteiger partial charge in [-0.3, -0.25) is 4.79 Å². The van der Waals surface area contributed by atoms with E-state index in [2.05, 4.69) is 25.8 Å². The van der Waals surface area contributed by atoms with Crippen LogP contribution in [0.4, 0.5) is 17.3 Å². The number of carbonyl (C=O) groups excluding carboxylic acids is 1. The number of carbonyl (C=O) groups is 1. The van der Waals surface area contributed by atoms with Gasteiger partial charge in [0.1, 0.15) is 17.3 Å². The normalized spacial score (nSPS) is 10.6. The molecule has 0 unspecified atom stereocenters. The molecule has 128 valence electrons. The summed E-state index contributed by atoms with van der Waals surface area (Å²) in [6, 6.07) is 5.50. The van der Waals surface area contributed by atoms with Gasteiger partial charge in [-0.15, -0.1) is 0 Å². The lowest BCUT2D eigenvalue weighted by atomic mass is 10.1.